The Bertz CT molecular complexity index is 1660. The molecule has 6 aromatic rings. The Hall–Kier alpha value is -3.14. The van der Waals surface area contributed by atoms with Crippen LogP contribution in [0.4, 0.5) is 0 Å². The fourth-order valence-corrected chi connectivity index (χ4v) is 3.95. The van der Waals surface area contributed by atoms with Crippen LogP contribution in [0.25, 0.3) is 45.0 Å². The summed E-state index contributed by atoms with van der Waals surface area (Å²) < 4.78 is 0. The fourth-order valence-electron chi connectivity index (χ4n) is 3.95. The number of nitrogens with zero attached hydrogens (tertiary/aromatic N) is 4. The minimum absolute atomic E-state index is 0. The van der Waals surface area contributed by atoms with Crippen molar-refractivity contribution < 1.29 is 52.8 Å². The second-order valence-electron chi connectivity index (χ2n) is 10.1. The van der Waals surface area contributed by atoms with Crippen molar-refractivity contribution in [2.24, 2.45) is 0 Å². The molecule has 0 aliphatic heterocycles. The molecule has 0 fully saturated rings. The van der Waals surface area contributed by atoms with Crippen molar-refractivity contribution in [1.82, 2.24) is 19.9 Å². The molecule has 0 aliphatic carbocycles. The zero-order chi connectivity index (χ0) is 27.8. The first kappa shape index (κ1) is 36.1. The summed E-state index contributed by atoms with van der Waals surface area (Å²) in [6, 6.07) is 44.4. The Morgan fingerprint density at radius 3 is 1.93 bits per heavy atom. The molecular weight excluding hydrogens is 780 g/mol. The molecule has 0 atom stereocenters. The summed E-state index contributed by atoms with van der Waals surface area (Å²) in [5, 5.41) is 0. The minimum atomic E-state index is 0. The molecule has 0 saturated carbocycles. The standard InChI is InChI=1S/C22H13N2.C14H15N2.B.Ir.Y/c1-3-14-23-21(8-1)18-12-10-17(11-13-18)19-6-5-7-20(16-19)22-9-2-4-15-24-22;1-14(2,3)12-9-10-15-13(16-12)11-7-5-4-6-8-11;;;/h1-6,8-10,12-15H;4-7,9-10H,1-3H3;;;/q-3;-1;;;. The number of hydrogen-bond donors (Lipinski definition) is 0. The first-order valence-corrected chi connectivity index (χ1v) is 13.1. The molecule has 0 spiro atoms. The SMILES string of the molecule is CC(C)(C)c1ccnc(-c2[c-]cccc2)n1.[B].[Ir].[Y].[c-]1ccc(-c2[c-]cc(-c3ccccn3)cc2)[c-]c1-c1ccccn1. The van der Waals surface area contributed by atoms with Crippen molar-refractivity contribution in [2.45, 2.75) is 26.2 Å². The average Bonchev–Trinajstić information content (AvgIpc) is 3.02. The smallest absolute Gasteiger partial charge is 0.0751 e. The molecule has 43 heavy (non-hydrogen) atoms. The maximum Gasteiger partial charge on any atom is 0.0751 e. The molecular formula is C36H28BIrN4Y-4. The van der Waals surface area contributed by atoms with Crippen molar-refractivity contribution >= 4 is 8.41 Å². The molecule has 3 heterocycles. The van der Waals surface area contributed by atoms with E-state index in [1.807, 2.05) is 97.2 Å². The van der Waals surface area contributed by atoms with Crippen LogP contribution in [0.15, 0.2) is 116 Å². The third-order valence-corrected chi connectivity index (χ3v) is 6.10. The third-order valence-electron chi connectivity index (χ3n) is 6.10. The second-order valence-corrected chi connectivity index (χ2v) is 10.1. The van der Waals surface area contributed by atoms with E-state index >= 15 is 0 Å². The second kappa shape index (κ2) is 17.2. The molecule has 7 heteroatoms. The summed E-state index contributed by atoms with van der Waals surface area (Å²) in [6.07, 6.45) is 5.38. The molecule has 211 valence electrons. The van der Waals surface area contributed by atoms with E-state index < -0.39 is 0 Å². The maximum atomic E-state index is 4.57. The van der Waals surface area contributed by atoms with Crippen LogP contribution >= 0.6 is 0 Å². The van der Waals surface area contributed by atoms with Gasteiger partial charge in [-0.05, 0) is 24.3 Å². The average molecular weight is 809 g/mol. The van der Waals surface area contributed by atoms with Crippen molar-refractivity contribution in [3.8, 4) is 45.0 Å². The van der Waals surface area contributed by atoms with Gasteiger partial charge in [0.2, 0.25) is 0 Å². The number of benzene rings is 3. The van der Waals surface area contributed by atoms with E-state index in [0.717, 1.165) is 50.7 Å². The van der Waals surface area contributed by atoms with Crippen LogP contribution in [0.2, 0.25) is 0 Å². The summed E-state index contributed by atoms with van der Waals surface area (Å²) in [5.41, 5.74) is 7.71. The normalized spacial score (nSPS) is 10.1. The Kier molecular flexibility index (Phi) is 14.4. The van der Waals surface area contributed by atoms with Crippen LogP contribution in [0.1, 0.15) is 26.5 Å². The van der Waals surface area contributed by atoms with E-state index in [2.05, 4.69) is 71.0 Å². The fraction of sp³-hybridized carbons (Fsp3) is 0.111. The van der Waals surface area contributed by atoms with E-state index in [9.17, 15) is 0 Å². The molecule has 0 bridgehead atoms. The first-order valence-electron chi connectivity index (χ1n) is 13.1. The van der Waals surface area contributed by atoms with Gasteiger partial charge in [0, 0.05) is 96.6 Å². The van der Waals surface area contributed by atoms with Crippen LogP contribution < -0.4 is 0 Å². The number of rotatable bonds is 4. The van der Waals surface area contributed by atoms with Gasteiger partial charge in [0.05, 0.1) is 5.82 Å². The van der Waals surface area contributed by atoms with Gasteiger partial charge in [-0.25, -0.2) is 6.07 Å². The Balaban J connectivity index is 0.000000301. The number of aromatic nitrogens is 4. The number of hydrogen-bond acceptors (Lipinski definition) is 4. The van der Waals surface area contributed by atoms with Gasteiger partial charge in [-0.15, -0.1) is 66.2 Å². The van der Waals surface area contributed by atoms with E-state index in [4.69, 9.17) is 0 Å². The van der Waals surface area contributed by atoms with Crippen molar-refractivity contribution in [2.75, 3.05) is 0 Å². The molecule has 0 unspecified atom stereocenters. The molecule has 3 aromatic heterocycles. The van der Waals surface area contributed by atoms with Gasteiger partial charge in [0.1, 0.15) is 0 Å². The van der Waals surface area contributed by atoms with Crippen LogP contribution in [-0.4, -0.2) is 28.3 Å². The molecule has 0 amide bonds. The largest absolute Gasteiger partial charge is 0.352 e. The van der Waals surface area contributed by atoms with Crippen LogP contribution in [0.3, 0.4) is 0 Å². The maximum absolute atomic E-state index is 4.57. The van der Waals surface area contributed by atoms with Crippen molar-refractivity contribution in [3.63, 3.8) is 0 Å². The minimum Gasteiger partial charge on any atom is -0.352 e. The summed E-state index contributed by atoms with van der Waals surface area (Å²) >= 11 is 0. The molecule has 4 nitrogen and oxygen atoms in total. The zero-order valence-electron chi connectivity index (χ0n) is 24.2. The quantitative estimate of drug-likeness (QED) is 0.135. The molecule has 6 rings (SSSR count). The molecule has 0 saturated heterocycles. The van der Waals surface area contributed by atoms with E-state index in [1.165, 1.54) is 0 Å². The molecule has 0 aliphatic rings. The van der Waals surface area contributed by atoms with Gasteiger partial charge in [-0.2, -0.15) is 5.56 Å². The molecule has 3 aromatic carbocycles. The topological polar surface area (TPSA) is 51.6 Å². The Labute approximate surface area is 295 Å². The zero-order valence-corrected chi connectivity index (χ0v) is 29.5. The Morgan fingerprint density at radius 1 is 0.605 bits per heavy atom. The summed E-state index contributed by atoms with van der Waals surface area (Å²) in [4.78, 5) is 17.6. The monoisotopic (exact) mass is 809 g/mol. The van der Waals surface area contributed by atoms with Gasteiger partial charge >= 0.3 is 0 Å². The van der Waals surface area contributed by atoms with Crippen LogP contribution in [0.5, 0.6) is 0 Å². The van der Waals surface area contributed by atoms with Crippen LogP contribution in [-0.2, 0) is 58.2 Å². The van der Waals surface area contributed by atoms with Crippen molar-refractivity contribution in [1.29, 1.82) is 0 Å². The van der Waals surface area contributed by atoms with Crippen molar-refractivity contribution in [3.05, 3.63) is 146 Å². The summed E-state index contributed by atoms with van der Waals surface area (Å²) in [6.45, 7) is 6.44. The van der Waals surface area contributed by atoms with Gasteiger partial charge in [0.25, 0.3) is 0 Å². The van der Waals surface area contributed by atoms with Gasteiger partial charge in [-0.1, -0.05) is 44.2 Å². The van der Waals surface area contributed by atoms with Gasteiger partial charge in [0.15, 0.2) is 0 Å². The van der Waals surface area contributed by atoms with Gasteiger partial charge in [-0.3, -0.25) is 38.2 Å². The molecule has 0 N–H and O–H groups in total. The third kappa shape index (κ3) is 9.94. The molecule has 5 radical (unpaired) electrons. The summed E-state index contributed by atoms with van der Waals surface area (Å²) in [7, 11) is 0. The Morgan fingerprint density at radius 2 is 1.33 bits per heavy atom. The number of pyridine rings is 2. The first-order chi connectivity index (χ1) is 19.5. The van der Waals surface area contributed by atoms with Crippen LogP contribution in [0, 0.1) is 24.3 Å². The van der Waals surface area contributed by atoms with E-state index in [1.54, 1.807) is 12.4 Å². The van der Waals surface area contributed by atoms with E-state index in [0.29, 0.717) is 0 Å². The predicted octanol–water partition coefficient (Wildman–Crippen LogP) is 7.73. The van der Waals surface area contributed by atoms with E-state index in [-0.39, 0.29) is 66.6 Å². The predicted molar refractivity (Wildman–Crippen MR) is 166 cm³/mol. The summed E-state index contributed by atoms with van der Waals surface area (Å²) in [5.74, 6) is 0.744. The van der Waals surface area contributed by atoms with Gasteiger partial charge < -0.3 is 11.1 Å².